The molecule has 1 aliphatic heterocycles. The molecule has 2 rings (SSSR count). The lowest BCUT2D eigenvalue weighted by Gasteiger charge is -2.35. The molecule has 1 fully saturated rings. The summed E-state index contributed by atoms with van der Waals surface area (Å²) in [4.78, 5) is 6.70. The number of hydrogen-bond donors (Lipinski definition) is 0. The second-order valence-electron chi connectivity index (χ2n) is 3.69. The molecule has 0 radical (unpaired) electrons. The Morgan fingerprint density at radius 3 is 3.07 bits per heavy atom. The molecule has 1 aromatic heterocycles. The summed E-state index contributed by atoms with van der Waals surface area (Å²) < 4.78 is 0. The van der Waals surface area contributed by atoms with Gasteiger partial charge in [0, 0.05) is 24.7 Å². The molecule has 0 N–H and O–H groups in total. The second-order valence-corrected chi connectivity index (χ2v) is 3.99. The minimum atomic E-state index is 0.473. The van der Waals surface area contributed by atoms with Crippen molar-refractivity contribution in [1.82, 2.24) is 4.98 Å². The summed E-state index contributed by atoms with van der Waals surface area (Å²) in [5.41, 5.74) is 0. The Morgan fingerprint density at radius 2 is 2.36 bits per heavy atom. The summed E-state index contributed by atoms with van der Waals surface area (Å²) in [6, 6.07) is 6.51. The molecule has 1 saturated heterocycles. The van der Waals surface area contributed by atoms with Crippen LogP contribution in [0.2, 0.25) is 0 Å². The zero-order chi connectivity index (χ0) is 9.80. The van der Waals surface area contributed by atoms with Crippen LogP contribution < -0.4 is 4.90 Å². The summed E-state index contributed by atoms with van der Waals surface area (Å²) in [6.07, 6.45) is 5.58. The van der Waals surface area contributed by atoms with Gasteiger partial charge in [0.1, 0.15) is 5.82 Å². The van der Waals surface area contributed by atoms with Crippen LogP contribution in [0.25, 0.3) is 0 Å². The molecule has 0 amide bonds. The molecule has 1 atom stereocenters. The Hall–Kier alpha value is -0.760. The van der Waals surface area contributed by atoms with Crippen LogP contribution >= 0.6 is 11.6 Å². The van der Waals surface area contributed by atoms with Gasteiger partial charge in [0.05, 0.1) is 0 Å². The van der Waals surface area contributed by atoms with Crippen LogP contribution in [0.5, 0.6) is 0 Å². The second kappa shape index (κ2) is 4.65. The fraction of sp³-hybridized carbons (Fsp3) is 0.545. The topological polar surface area (TPSA) is 16.1 Å². The molecule has 76 valence electrons. The monoisotopic (exact) mass is 210 g/mol. The van der Waals surface area contributed by atoms with Crippen molar-refractivity contribution in [1.29, 1.82) is 0 Å². The van der Waals surface area contributed by atoms with Crippen molar-refractivity contribution >= 4 is 17.4 Å². The third kappa shape index (κ3) is 2.01. The first-order valence-corrected chi connectivity index (χ1v) is 5.69. The van der Waals surface area contributed by atoms with Gasteiger partial charge in [0.15, 0.2) is 0 Å². The molecule has 0 saturated carbocycles. The maximum Gasteiger partial charge on any atom is 0.128 e. The summed E-state index contributed by atoms with van der Waals surface area (Å²) in [7, 11) is 0. The fourth-order valence-electron chi connectivity index (χ4n) is 1.99. The van der Waals surface area contributed by atoms with Crippen molar-refractivity contribution in [2.75, 3.05) is 17.3 Å². The molecule has 3 heteroatoms. The van der Waals surface area contributed by atoms with Crippen molar-refractivity contribution < 1.29 is 0 Å². The van der Waals surface area contributed by atoms with E-state index in [0.717, 1.165) is 12.4 Å². The normalized spacial score (nSPS) is 22.4. The minimum absolute atomic E-state index is 0.473. The third-order valence-corrected chi connectivity index (χ3v) is 3.11. The highest BCUT2D eigenvalue weighted by atomic mass is 35.5. The van der Waals surface area contributed by atoms with Gasteiger partial charge in [-0.1, -0.05) is 6.07 Å². The van der Waals surface area contributed by atoms with Crippen molar-refractivity contribution in [3.05, 3.63) is 24.4 Å². The largest absolute Gasteiger partial charge is 0.352 e. The number of piperidine rings is 1. The number of halogens is 1. The van der Waals surface area contributed by atoms with E-state index in [9.17, 15) is 0 Å². The summed E-state index contributed by atoms with van der Waals surface area (Å²) in [5, 5.41) is 0. The SMILES string of the molecule is ClCC1CCCCN1c1ccccn1. The third-order valence-electron chi connectivity index (χ3n) is 2.75. The van der Waals surface area contributed by atoms with Crippen molar-refractivity contribution in [3.8, 4) is 0 Å². The minimum Gasteiger partial charge on any atom is -0.352 e. The first kappa shape index (κ1) is 9.78. The predicted molar refractivity (Wildman–Crippen MR) is 59.9 cm³/mol. The van der Waals surface area contributed by atoms with Crippen LogP contribution in [0.4, 0.5) is 5.82 Å². The fourth-order valence-corrected chi connectivity index (χ4v) is 2.31. The number of aromatic nitrogens is 1. The van der Waals surface area contributed by atoms with Crippen LogP contribution in [-0.4, -0.2) is 23.5 Å². The van der Waals surface area contributed by atoms with Crippen LogP contribution in [0, 0.1) is 0 Å². The van der Waals surface area contributed by atoms with E-state index in [-0.39, 0.29) is 0 Å². The highest BCUT2D eigenvalue weighted by Gasteiger charge is 2.22. The van der Waals surface area contributed by atoms with E-state index in [0.29, 0.717) is 11.9 Å². The Morgan fingerprint density at radius 1 is 1.43 bits per heavy atom. The number of pyridine rings is 1. The van der Waals surface area contributed by atoms with Crippen LogP contribution in [0.15, 0.2) is 24.4 Å². The van der Waals surface area contributed by atoms with Gasteiger partial charge in [-0.2, -0.15) is 0 Å². The molecule has 1 aromatic rings. The van der Waals surface area contributed by atoms with E-state index >= 15 is 0 Å². The zero-order valence-electron chi connectivity index (χ0n) is 8.19. The average Bonchev–Trinajstić information content (AvgIpc) is 2.30. The van der Waals surface area contributed by atoms with Crippen LogP contribution in [-0.2, 0) is 0 Å². The van der Waals surface area contributed by atoms with E-state index in [2.05, 4.69) is 16.0 Å². The van der Waals surface area contributed by atoms with Gasteiger partial charge in [0.25, 0.3) is 0 Å². The molecule has 1 unspecified atom stereocenters. The Bertz CT molecular complexity index is 276. The number of rotatable bonds is 2. The van der Waals surface area contributed by atoms with Gasteiger partial charge in [-0.05, 0) is 31.4 Å². The number of hydrogen-bond acceptors (Lipinski definition) is 2. The molecule has 1 aliphatic rings. The quantitative estimate of drug-likeness (QED) is 0.698. The molecule has 2 heterocycles. The maximum absolute atomic E-state index is 5.96. The van der Waals surface area contributed by atoms with Crippen molar-refractivity contribution in [3.63, 3.8) is 0 Å². The summed E-state index contributed by atoms with van der Waals surface area (Å²) in [6.45, 7) is 1.09. The van der Waals surface area contributed by atoms with E-state index in [1.54, 1.807) is 0 Å². The van der Waals surface area contributed by atoms with Gasteiger partial charge < -0.3 is 4.90 Å². The summed E-state index contributed by atoms with van der Waals surface area (Å²) in [5.74, 6) is 1.77. The molecular weight excluding hydrogens is 196 g/mol. The predicted octanol–water partition coefficient (Wildman–Crippen LogP) is 2.68. The molecule has 0 bridgehead atoms. The van der Waals surface area contributed by atoms with Gasteiger partial charge in [-0.3, -0.25) is 0 Å². The van der Waals surface area contributed by atoms with E-state index in [4.69, 9.17) is 11.6 Å². The summed E-state index contributed by atoms with van der Waals surface area (Å²) >= 11 is 5.96. The van der Waals surface area contributed by atoms with E-state index in [1.807, 2.05) is 18.3 Å². The lowest BCUT2D eigenvalue weighted by molar-refractivity contribution is 0.484. The molecule has 2 nitrogen and oxygen atoms in total. The van der Waals surface area contributed by atoms with E-state index < -0.39 is 0 Å². The average molecular weight is 211 g/mol. The van der Waals surface area contributed by atoms with Crippen molar-refractivity contribution in [2.24, 2.45) is 0 Å². The molecule has 0 aliphatic carbocycles. The first-order chi connectivity index (χ1) is 6.92. The van der Waals surface area contributed by atoms with Gasteiger partial charge in [-0.15, -0.1) is 11.6 Å². The number of anilines is 1. The van der Waals surface area contributed by atoms with Crippen LogP contribution in [0.1, 0.15) is 19.3 Å². The smallest absolute Gasteiger partial charge is 0.128 e. The van der Waals surface area contributed by atoms with E-state index in [1.165, 1.54) is 19.3 Å². The van der Waals surface area contributed by atoms with Crippen LogP contribution in [0.3, 0.4) is 0 Å². The van der Waals surface area contributed by atoms with Gasteiger partial charge in [-0.25, -0.2) is 4.98 Å². The highest BCUT2D eigenvalue weighted by Crippen LogP contribution is 2.23. The van der Waals surface area contributed by atoms with Gasteiger partial charge in [0.2, 0.25) is 0 Å². The molecule has 0 aromatic carbocycles. The lowest BCUT2D eigenvalue weighted by Crippen LogP contribution is -2.41. The van der Waals surface area contributed by atoms with Gasteiger partial charge >= 0.3 is 0 Å². The number of alkyl halides is 1. The first-order valence-electron chi connectivity index (χ1n) is 5.15. The zero-order valence-corrected chi connectivity index (χ0v) is 8.95. The molecular formula is C11H15ClN2. The lowest BCUT2D eigenvalue weighted by atomic mass is 10.0. The Kier molecular flexibility index (Phi) is 3.25. The highest BCUT2D eigenvalue weighted by molar-refractivity contribution is 6.18. The van der Waals surface area contributed by atoms with Crippen molar-refractivity contribution in [2.45, 2.75) is 25.3 Å². The Balaban J connectivity index is 2.15. The molecule has 0 spiro atoms. The molecule has 14 heavy (non-hydrogen) atoms. The number of nitrogens with zero attached hydrogens (tertiary/aromatic N) is 2. The maximum atomic E-state index is 5.96. The Labute approximate surface area is 89.9 Å². The standard InChI is InChI=1S/C11H15ClN2/c12-9-10-5-2-4-8-14(10)11-6-1-3-7-13-11/h1,3,6-7,10H,2,4-5,8-9H2.